The Hall–Kier alpha value is -0.963. The zero-order valence-electron chi connectivity index (χ0n) is 19.7. The van der Waals surface area contributed by atoms with Crippen molar-refractivity contribution in [1.82, 2.24) is 15.2 Å². The molecule has 0 spiro atoms. The fourth-order valence-electron chi connectivity index (χ4n) is 3.81. The average Bonchev–Trinajstić information content (AvgIpc) is 2.68. The van der Waals surface area contributed by atoms with Gasteiger partial charge >= 0.3 is 0 Å². The first-order valence-corrected chi connectivity index (χ1v) is 14.3. The van der Waals surface area contributed by atoms with Gasteiger partial charge in [0.25, 0.3) is 5.91 Å². The molecule has 6 nitrogen and oxygen atoms in total. The minimum Gasteiger partial charge on any atom is -0.472 e. The molecule has 3 atom stereocenters. The fraction of sp³-hybridized carbons (Fsp3) is 0.727. The van der Waals surface area contributed by atoms with Crippen molar-refractivity contribution < 1.29 is 14.0 Å². The Morgan fingerprint density at radius 1 is 1.33 bits per heavy atom. The largest absolute Gasteiger partial charge is 0.472 e. The van der Waals surface area contributed by atoms with Gasteiger partial charge in [0.1, 0.15) is 11.7 Å². The van der Waals surface area contributed by atoms with E-state index in [0.29, 0.717) is 42.2 Å². The quantitative estimate of drug-likeness (QED) is 0.524. The van der Waals surface area contributed by atoms with Crippen molar-refractivity contribution >= 4 is 30.2 Å². The lowest BCUT2D eigenvalue weighted by atomic mass is 10.0. The van der Waals surface area contributed by atoms with Crippen LogP contribution >= 0.6 is 15.9 Å². The first-order valence-electron chi connectivity index (χ1n) is 10.9. The van der Waals surface area contributed by atoms with Crippen LogP contribution < -0.4 is 10.1 Å². The van der Waals surface area contributed by atoms with Crippen molar-refractivity contribution in [1.29, 1.82) is 0 Å². The number of nitrogens with one attached hydrogen (secondary N) is 1. The summed E-state index contributed by atoms with van der Waals surface area (Å²) >= 11 is 3.45. The lowest BCUT2D eigenvalue weighted by Gasteiger charge is -2.40. The summed E-state index contributed by atoms with van der Waals surface area (Å²) < 4.78 is 13.5. The predicted molar refractivity (Wildman–Crippen MR) is 128 cm³/mol. The van der Waals surface area contributed by atoms with Gasteiger partial charge in [-0.05, 0) is 53.6 Å². The number of amides is 1. The van der Waals surface area contributed by atoms with Crippen LogP contribution in [0.25, 0.3) is 0 Å². The van der Waals surface area contributed by atoms with E-state index in [9.17, 15) is 4.79 Å². The molecule has 1 aromatic rings. The second kappa shape index (κ2) is 10.6. The van der Waals surface area contributed by atoms with E-state index in [-0.39, 0.29) is 24.0 Å². The van der Waals surface area contributed by atoms with E-state index in [4.69, 9.17) is 9.16 Å². The van der Waals surface area contributed by atoms with E-state index < -0.39 is 8.32 Å². The van der Waals surface area contributed by atoms with E-state index in [1.165, 1.54) is 0 Å². The summed E-state index contributed by atoms with van der Waals surface area (Å²) in [7, 11) is 0.0188. The number of hydrogen-bond donors (Lipinski definition) is 1. The molecule has 1 aliphatic rings. The molecule has 8 heteroatoms. The number of carbonyl (C=O) groups is 1. The summed E-state index contributed by atoms with van der Waals surface area (Å²) in [6, 6.07) is 1.77. The van der Waals surface area contributed by atoms with Crippen LogP contribution in [0.4, 0.5) is 0 Å². The molecule has 30 heavy (non-hydrogen) atoms. The maximum absolute atomic E-state index is 13.5. The summed E-state index contributed by atoms with van der Waals surface area (Å²) in [6.07, 6.45) is 1.60. The fourth-order valence-corrected chi connectivity index (χ4v) is 6.74. The molecule has 170 valence electrons. The number of carbonyl (C=O) groups excluding carboxylic acids is 1. The predicted octanol–water partition coefficient (Wildman–Crippen LogP) is 4.70. The lowest BCUT2D eigenvalue weighted by Crippen LogP contribution is -2.51. The van der Waals surface area contributed by atoms with Crippen molar-refractivity contribution in [3.8, 4) is 5.88 Å². The van der Waals surface area contributed by atoms with Gasteiger partial charge in [-0.2, -0.15) is 0 Å². The Morgan fingerprint density at radius 3 is 2.53 bits per heavy atom. The van der Waals surface area contributed by atoms with Crippen molar-refractivity contribution in [3.63, 3.8) is 0 Å². The summed E-state index contributed by atoms with van der Waals surface area (Å²) in [5.41, 5.74) is 1.53. The van der Waals surface area contributed by atoms with Crippen molar-refractivity contribution in [2.24, 2.45) is 5.92 Å². The number of fused-ring (bicyclic) bond motifs is 1. The molecular formula is C22H38BrN3O3Si. The number of pyridine rings is 1. The number of rotatable bonds is 8. The number of likely N-dealkylation sites (N-methyl/N-ethyl adjacent to an activating group) is 1. The highest BCUT2D eigenvalue weighted by Gasteiger charge is 2.39. The maximum Gasteiger partial charge on any atom is 0.259 e. The third-order valence-corrected chi connectivity index (χ3v) is 12.4. The van der Waals surface area contributed by atoms with Crippen LogP contribution in [0.2, 0.25) is 17.6 Å². The number of hydrogen-bond acceptors (Lipinski definition) is 5. The third kappa shape index (κ3) is 5.63. The molecule has 2 rings (SSSR count). The number of aromatic nitrogens is 1. The minimum atomic E-state index is -1.89. The summed E-state index contributed by atoms with van der Waals surface area (Å²) in [6.45, 7) is 17.4. The molecule has 0 saturated carbocycles. The first kappa shape index (κ1) is 25.3. The van der Waals surface area contributed by atoms with Crippen molar-refractivity contribution in [2.75, 3.05) is 26.7 Å². The molecule has 0 aliphatic carbocycles. The maximum atomic E-state index is 13.5. The SMILES string of the molecule is CNC[C@@H]1Oc2ncc(Br)cc2C(=O)N([C@H](C)CO[Si](C)(C(C)C)C(C)C)C[C@@H]1C. The second-order valence-electron chi connectivity index (χ2n) is 9.31. The third-order valence-electron chi connectivity index (χ3n) is 6.56. The molecule has 1 aromatic heterocycles. The van der Waals surface area contributed by atoms with Crippen LogP contribution in [0.3, 0.4) is 0 Å². The van der Waals surface area contributed by atoms with Gasteiger partial charge in [0.05, 0.1) is 12.6 Å². The van der Waals surface area contributed by atoms with Crippen LogP contribution in [-0.4, -0.2) is 63.0 Å². The summed E-state index contributed by atoms with van der Waals surface area (Å²) in [5, 5.41) is 3.20. The Labute approximate surface area is 191 Å². The standard InChI is InChI=1S/C22H38BrN3O3Si/c1-14(2)30(8,15(3)4)28-13-17(6)26-12-16(5)20(11-24-7)29-21-19(22(26)27)9-18(23)10-25-21/h9-10,14-17,20,24H,11-13H2,1-8H3/t16-,17+,20-/m0/s1. The molecule has 0 bridgehead atoms. The van der Waals surface area contributed by atoms with Crippen LogP contribution in [0.1, 0.15) is 51.9 Å². The minimum absolute atomic E-state index is 0.0376. The van der Waals surface area contributed by atoms with E-state index in [1.54, 1.807) is 12.3 Å². The van der Waals surface area contributed by atoms with Gasteiger partial charge in [-0.25, -0.2) is 4.98 Å². The number of nitrogens with zero attached hydrogens (tertiary/aromatic N) is 2. The molecule has 0 aromatic carbocycles. The Bertz CT molecular complexity index is 724. The lowest BCUT2D eigenvalue weighted by molar-refractivity contribution is 0.0412. The topological polar surface area (TPSA) is 63.7 Å². The van der Waals surface area contributed by atoms with Gasteiger partial charge in [0.2, 0.25) is 5.88 Å². The van der Waals surface area contributed by atoms with Crippen LogP contribution in [0, 0.1) is 5.92 Å². The second-order valence-corrected chi connectivity index (χ2v) is 15.2. The summed E-state index contributed by atoms with van der Waals surface area (Å²) in [5.74, 6) is 0.500. The van der Waals surface area contributed by atoms with Gasteiger partial charge in [0, 0.05) is 29.7 Å². The molecule has 0 saturated heterocycles. The zero-order chi connectivity index (χ0) is 22.6. The van der Waals surface area contributed by atoms with Crippen LogP contribution in [0.15, 0.2) is 16.7 Å². The highest BCUT2D eigenvalue weighted by Crippen LogP contribution is 2.34. The van der Waals surface area contributed by atoms with Gasteiger partial charge in [-0.15, -0.1) is 0 Å². The highest BCUT2D eigenvalue weighted by molar-refractivity contribution is 9.10. The van der Waals surface area contributed by atoms with Crippen LogP contribution in [-0.2, 0) is 4.43 Å². The Morgan fingerprint density at radius 2 is 1.97 bits per heavy atom. The molecule has 0 unspecified atom stereocenters. The summed E-state index contributed by atoms with van der Waals surface area (Å²) in [4.78, 5) is 19.8. The molecule has 0 radical (unpaired) electrons. The molecule has 2 heterocycles. The van der Waals surface area contributed by atoms with Gasteiger partial charge < -0.3 is 19.4 Å². The Kier molecular flexibility index (Phi) is 8.91. The average molecular weight is 501 g/mol. The van der Waals surface area contributed by atoms with Crippen molar-refractivity contribution in [3.05, 3.63) is 22.3 Å². The number of ether oxygens (including phenoxy) is 1. The first-order chi connectivity index (χ1) is 14.0. The monoisotopic (exact) mass is 499 g/mol. The van der Waals surface area contributed by atoms with Gasteiger partial charge in [0.15, 0.2) is 8.32 Å². The van der Waals surface area contributed by atoms with E-state index >= 15 is 0 Å². The molecule has 1 aliphatic heterocycles. The van der Waals surface area contributed by atoms with E-state index in [1.807, 2.05) is 11.9 Å². The normalized spacial score (nSPS) is 21.3. The molecular weight excluding hydrogens is 462 g/mol. The van der Waals surface area contributed by atoms with E-state index in [0.717, 1.165) is 4.47 Å². The van der Waals surface area contributed by atoms with Gasteiger partial charge in [-0.1, -0.05) is 34.6 Å². The molecule has 0 fully saturated rings. The molecule has 1 amide bonds. The Balaban J connectivity index is 2.32. The van der Waals surface area contributed by atoms with Gasteiger partial charge in [-0.3, -0.25) is 4.79 Å². The number of halogens is 1. The molecule has 1 N–H and O–H groups in total. The van der Waals surface area contributed by atoms with E-state index in [2.05, 4.69) is 74.3 Å². The zero-order valence-corrected chi connectivity index (χ0v) is 22.2. The van der Waals surface area contributed by atoms with Crippen molar-refractivity contribution in [2.45, 2.75) is 71.3 Å². The van der Waals surface area contributed by atoms with Crippen LogP contribution in [0.5, 0.6) is 5.88 Å². The highest BCUT2D eigenvalue weighted by atomic mass is 79.9. The smallest absolute Gasteiger partial charge is 0.259 e.